The summed E-state index contributed by atoms with van der Waals surface area (Å²) in [6, 6.07) is 1.82. The van der Waals surface area contributed by atoms with Crippen LogP contribution in [0.25, 0.3) is 0 Å². The Hall–Kier alpha value is -1.32. The summed E-state index contributed by atoms with van der Waals surface area (Å²) in [5, 5.41) is 0. The first-order valence-corrected chi connectivity index (χ1v) is 4.78. The predicted molar refractivity (Wildman–Crippen MR) is 57.6 cm³/mol. The third-order valence-corrected chi connectivity index (χ3v) is 2.08. The first kappa shape index (κ1) is 10.8. The molecule has 1 aromatic rings. The van der Waals surface area contributed by atoms with E-state index in [1.54, 1.807) is 0 Å². The maximum absolute atomic E-state index is 11.0. The fourth-order valence-electron chi connectivity index (χ4n) is 1.52. The van der Waals surface area contributed by atoms with Gasteiger partial charge in [0.2, 0.25) is 0 Å². The molecule has 0 aromatic carbocycles. The lowest BCUT2D eigenvalue weighted by atomic mass is 10.1. The molecule has 4 nitrogen and oxygen atoms in total. The predicted octanol–water partition coefficient (Wildman–Crippen LogP) is 1.39. The number of anilines is 1. The number of aromatic amines is 1. The first-order valence-electron chi connectivity index (χ1n) is 4.78. The van der Waals surface area contributed by atoms with Crippen molar-refractivity contribution < 1.29 is 0 Å². The van der Waals surface area contributed by atoms with Crippen LogP contribution in [0.4, 0.5) is 5.82 Å². The Labute approximate surface area is 84.0 Å². The van der Waals surface area contributed by atoms with Crippen molar-refractivity contribution in [3.05, 3.63) is 22.7 Å². The fourth-order valence-corrected chi connectivity index (χ4v) is 1.52. The van der Waals surface area contributed by atoms with Crippen LogP contribution in [0.2, 0.25) is 0 Å². The van der Waals surface area contributed by atoms with E-state index in [9.17, 15) is 4.79 Å². The highest BCUT2D eigenvalue weighted by Gasteiger charge is 2.20. The van der Waals surface area contributed by atoms with Crippen LogP contribution in [0, 0.1) is 0 Å². The van der Waals surface area contributed by atoms with Crippen LogP contribution in [-0.2, 0) is 0 Å². The summed E-state index contributed by atoms with van der Waals surface area (Å²) < 4.78 is 0. The first-order chi connectivity index (χ1) is 6.45. The van der Waals surface area contributed by atoms with Crippen molar-refractivity contribution in [2.45, 2.75) is 33.2 Å². The quantitative estimate of drug-likeness (QED) is 0.776. The van der Waals surface area contributed by atoms with E-state index < -0.39 is 0 Å². The van der Waals surface area contributed by atoms with Crippen molar-refractivity contribution in [2.75, 3.05) is 11.4 Å². The summed E-state index contributed by atoms with van der Waals surface area (Å²) in [6.07, 6.45) is 1.53. The van der Waals surface area contributed by atoms with Gasteiger partial charge in [0.05, 0.1) is 0 Å². The lowest BCUT2D eigenvalue weighted by Crippen LogP contribution is -2.42. The van der Waals surface area contributed by atoms with E-state index in [2.05, 4.69) is 42.6 Å². The topological polar surface area (TPSA) is 49.0 Å². The highest BCUT2D eigenvalue weighted by atomic mass is 16.1. The average Bonchev–Trinajstić information content (AvgIpc) is 2.02. The molecule has 1 N–H and O–H groups in total. The maximum Gasteiger partial charge on any atom is 0.346 e. The summed E-state index contributed by atoms with van der Waals surface area (Å²) >= 11 is 0. The average molecular weight is 195 g/mol. The lowest BCUT2D eigenvalue weighted by molar-refractivity contribution is 0.507. The van der Waals surface area contributed by atoms with Gasteiger partial charge < -0.3 is 4.90 Å². The minimum absolute atomic E-state index is 0.000949. The molecule has 1 aromatic heterocycles. The van der Waals surface area contributed by atoms with Crippen molar-refractivity contribution in [3.63, 3.8) is 0 Å². The van der Waals surface area contributed by atoms with E-state index >= 15 is 0 Å². The van der Waals surface area contributed by atoms with E-state index in [0.29, 0.717) is 0 Å². The molecule has 1 heterocycles. The molecule has 0 unspecified atom stereocenters. The number of hydrogen-bond donors (Lipinski definition) is 1. The van der Waals surface area contributed by atoms with Gasteiger partial charge in [-0.25, -0.2) is 9.78 Å². The van der Waals surface area contributed by atoms with Crippen LogP contribution >= 0.6 is 0 Å². The molecule has 0 saturated heterocycles. The molecule has 0 fully saturated rings. The van der Waals surface area contributed by atoms with Gasteiger partial charge in [-0.2, -0.15) is 0 Å². The molecule has 0 aliphatic carbocycles. The molecule has 4 heteroatoms. The highest BCUT2D eigenvalue weighted by molar-refractivity contribution is 5.39. The van der Waals surface area contributed by atoms with Crippen molar-refractivity contribution in [2.24, 2.45) is 0 Å². The van der Waals surface area contributed by atoms with Crippen LogP contribution in [-0.4, -0.2) is 22.1 Å². The van der Waals surface area contributed by atoms with Gasteiger partial charge in [-0.15, -0.1) is 0 Å². The summed E-state index contributed by atoms with van der Waals surface area (Å²) in [6.45, 7) is 9.23. The van der Waals surface area contributed by atoms with Gasteiger partial charge >= 0.3 is 5.69 Å². The molecular weight excluding hydrogens is 178 g/mol. The molecule has 0 aliphatic rings. The van der Waals surface area contributed by atoms with Crippen LogP contribution in [0.3, 0.4) is 0 Å². The summed E-state index contributed by atoms with van der Waals surface area (Å²) in [7, 11) is 0. The number of nitrogens with one attached hydrogen (secondary N) is 1. The molecule has 0 radical (unpaired) electrons. The van der Waals surface area contributed by atoms with Gasteiger partial charge in [0.1, 0.15) is 5.82 Å². The highest BCUT2D eigenvalue weighted by Crippen LogP contribution is 2.19. The number of H-pyrrole nitrogens is 1. The summed E-state index contributed by atoms with van der Waals surface area (Å²) in [5.74, 6) is 0.819. The van der Waals surface area contributed by atoms with Crippen molar-refractivity contribution >= 4 is 5.82 Å². The van der Waals surface area contributed by atoms with Crippen molar-refractivity contribution in [3.8, 4) is 0 Å². The Kier molecular flexibility index (Phi) is 2.93. The number of aromatic nitrogens is 2. The van der Waals surface area contributed by atoms with E-state index in [1.807, 2.05) is 6.07 Å². The Bertz CT molecular complexity index is 351. The van der Waals surface area contributed by atoms with E-state index in [0.717, 1.165) is 12.4 Å². The van der Waals surface area contributed by atoms with Gasteiger partial charge in [0, 0.05) is 18.3 Å². The summed E-state index contributed by atoms with van der Waals surface area (Å²) in [4.78, 5) is 19.5. The number of nitrogens with zero attached hydrogens (tertiary/aromatic N) is 2. The van der Waals surface area contributed by atoms with Gasteiger partial charge in [0.25, 0.3) is 0 Å². The Morgan fingerprint density at radius 3 is 2.57 bits per heavy atom. The normalized spacial score (nSPS) is 11.4. The third kappa shape index (κ3) is 2.34. The van der Waals surface area contributed by atoms with E-state index in [-0.39, 0.29) is 11.2 Å². The Balaban J connectivity index is 3.07. The zero-order chi connectivity index (χ0) is 10.8. The molecular formula is C10H17N3O. The minimum Gasteiger partial charge on any atom is -0.353 e. The molecule has 0 amide bonds. The van der Waals surface area contributed by atoms with Crippen molar-refractivity contribution in [1.29, 1.82) is 0 Å². The van der Waals surface area contributed by atoms with Gasteiger partial charge in [0.15, 0.2) is 0 Å². The SMILES string of the molecule is CCN(c1ccnc(=O)[nH]1)C(C)(C)C. The zero-order valence-electron chi connectivity index (χ0n) is 9.16. The minimum atomic E-state index is -0.301. The van der Waals surface area contributed by atoms with E-state index in [4.69, 9.17) is 0 Å². The smallest absolute Gasteiger partial charge is 0.346 e. The van der Waals surface area contributed by atoms with E-state index in [1.165, 1.54) is 6.20 Å². The molecule has 0 saturated carbocycles. The molecule has 1 rings (SSSR count). The van der Waals surface area contributed by atoms with Gasteiger partial charge in [-0.1, -0.05) is 0 Å². The second-order valence-corrected chi connectivity index (χ2v) is 4.18. The molecule has 0 bridgehead atoms. The van der Waals surface area contributed by atoms with Crippen LogP contribution in [0.15, 0.2) is 17.1 Å². The third-order valence-electron chi connectivity index (χ3n) is 2.08. The zero-order valence-corrected chi connectivity index (χ0v) is 9.16. The Morgan fingerprint density at radius 2 is 2.14 bits per heavy atom. The van der Waals surface area contributed by atoms with Crippen LogP contribution in [0.1, 0.15) is 27.7 Å². The molecule has 0 spiro atoms. The fraction of sp³-hybridized carbons (Fsp3) is 0.600. The lowest BCUT2D eigenvalue weighted by Gasteiger charge is -2.36. The van der Waals surface area contributed by atoms with Gasteiger partial charge in [-0.3, -0.25) is 4.98 Å². The maximum atomic E-state index is 11.0. The van der Waals surface area contributed by atoms with Crippen molar-refractivity contribution in [1.82, 2.24) is 9.97 Å². The second-order valence-electron chi connectivity index (χ2n) is 4.18. The van der Waals surface area contributed by atoms with Gasteiger partial charge in [-0.05, 0) is 33.8 Å². The number of rotatable bonds is 2. The second kappa shape index (κ2) is 3.82. The molecule has 78 valence electrons. The summed E-state index contributed by atoms with van der Waals surface area (Å²) in [5.41, 5.74) is -0.302. The standard InChI is InChI=1S/C10H17N3O/c1-5-13(10(2,3)4)8-6-7-11-9(14)12-8/h6-7H,5H2,1-4H3,(H,11,12,14). The Morgan fingerprint density at radius 1 is 1.50 bits per heavy atom. The number of hydrogen-bond acceptors (Lipinski definition) is 3. The van der Waals surface area contributed by atoms with Crippen LogP contribution in [0.5, 0.6) is 0 Å². The largest absolute Gasteiger partial charge is 0.353 e. The van der Waals surface area contributed by atoms with Crippen LogP contribution < -0.4 is 10.6 Å². The molecule has 0 aliphatic heterocycles. The molecule has 14 heavy (non-hydrogen) atoms. The molecule has 0 atom stereocenters. The monoisotopic (exact) mass is 195 g/mol.